The number of hydrogen-bond acceptors (Lipinski definition) is 4. The van der Waals surface area contributed by atoms with Crippen LogP contribution in [0.1, 0.15) is 42.6 Å². The Hall–Kier alpha value is -2.74. The molecule has 1 fully saturated rings. The first-order valence-corrected chi connectivity index (χ1v) is 11.3. The molecule has 0 saturated carbocycles. The molecule has 0 spiro atoms. The number of carbonyl (C=O) groups excluding carboxylic acids is 1. The fourth-order valence-electron chi connectivity index (χ4n) is 4.13. The van der Waals surface area contributed by atoms with Crippen LogP contribution in [0.4, 0.5) is 0 Å². The number of amides is 1. The van der Waals surface area contributed by atoms with Crippen molar-refractivity contribution in [3.05, 3.63) is 56.9 Å². The Bertz CT molecular complexity index is 1150. The summed E-state index contributed by atoms with van der Waals surface area (Å²) in [5.74, 6) is 1.09. The number of rotatable bonds is 6. The molecule has 1 aliphatic rings. The quantitative estimate of drug-likeness (QED) is 0.559. The van der Waals surface area contributed by atoms with E-state index in [0.29, 0.717) is 41.2 Å². The molecule has 1 saturated heterocycles. The lowest BCUT2D eigenvalue weighted by Crippen LogP contribution is -2.40. The van der Waals surface area contributed by atoms with Crippen molar-refractivity contribution in [3.63, 3.8) is 0 Å². The van der Waals surface area contributed by atoms with E-state index in [1.807, 2.05) is 40.7 Å². The van der Waals surface area contributed by atoms with Crippen LogP contribution in [0.15, 0.2) is 45.7 Å². The first-order chi connectivity index (χ1) is 15.0. The number of ether oxygens (including phenoxy) is 2. The minimum Gasteiger partial charge on any atom is -0.493 e. The van der Waals surface area contributed by atoms with E-state index in [1.165, 1.54) is 0 Å². The second-order valence-electron chi connectivity index (χ2n) is 7.68. The monoisotopic (exact) mass is 487 g/mol. The summed E-state index contributed by atoms with van der Waals surface area (Å²) >= 11 is 3.51. The van der Waals surface area contributed by atoms with Crippen molar-refractivity contribution in [2.45, 2.75) is 32.2 Å². The highest BCUT2D eigenvalue weighted by molar-refractivity contribution is 9.10. The number of fused-ring (bicyclic) bond motifs is 1. The molecular weight excluding hydrogens is 462 g/mol. The van der Waals surface area contributed by atoms with Gasteiger partial charge < -0.3 is 19.4 Å². The second-order valence-corrected chi connectivity index (χ2v) is 8.53. The second kappa shape index (κ2) is 9.18. The van der Waals surface area contributed by atoms with Crippen LogP contribution in [-0.2, 0) is 0 Å². The lowest BCUT2D eigenvalue weighted by Gasteiger charge is -2.32. The Kier molecular flexibility index (Phi) is 6.36. The van der Waals surface area contributed by atoms with Crippen molar-refractivity contribution >= 4 is 32.9 Å². The summed E-state index contributed by atoms with van der Waals surface area (Å²) in [5, 5.41) is 0. The average Bonchev–Trinajstić information content (AvgIpc) is 3.13. The van der Waals surface area contributed by atoms with Gasteiger partial charge in [0.2, 0.25) is 0 Å². The van der Waals surface area contributed by atoms with Crippen LogP contribution in [-0.4, -0.2) is 47.2 Å². The van der Waals surface area contributed by atoms with E-state index < -0.39 is 0 Å². The number of nitrogens with one attached hydrogen (secondary N) is 1. The van der Waals surface area contributed by atoms with Gasteiger partial charge in [-0.1, -0.05) is 19.1 Å². The molecule has 31 heavy (non-hydrogen) atoms. The van der Waals surface area contributed by atoms with Gasteiger partial charge in [-0.25, -0.2) is 4.79 Å². The van der Waals surface area contributed by atoms with E-state index >= 15 is 0 Å². The van der Waals surface area contributed by atoms with Crippen molar-refractivity contribution in [1.29, 1.82) is 0 Å². The maximum Gasteiger partial charge on any atom is 0.326 e. The molecule has 1 amide bonds. The molecule has 7 nitrogen and oxygen atoms in total. The number of H-pyrrole nitrogens is 1. The van der Waals surface area contributed by atoms with Crippen molar-refractivity contribution in [3.8, 4) is 11.5 Å². The van der Waals surface area contributed by atoms with Gasteiger partial charge in [0.05, 0.1) is 29.2 Å². The fourth-order valence-corrected chi connectivity index (χ4v) is 4.69. The third kappa shape index (κ3) is 4.21. The van der Waals surface area contributed by atoms with Gasteiger partial charge in [-0.05, 0) is 59.5 Å². The molecular formula is C23H26BrN3O4. The predicted octanol–water partition coefficient (Wildman–Crippen LogP) is 4.37. The Balaban J connectivity index is 1.50. The zero-order chi connectivity index (χ0) is 22.0. The van der Waals surface area contributed by atoms with Crippen molar-refractivity contribution < 1.29 is 14.3 Å². The number of likely N-dealkylation sites (tertiary alicyclic amines) is 1. The largest absolute Gasteiger partial charge is 0.493 e. The smallest absolute Gasteiger partial charge is 0.326 e. The van der Waals surface area contributed by atoms with Crippen LogP contribution in [0.25, 0.3) is 11.0 Å². The third-order valence-electron chi connectivity index (χ3n) is 5.67. The molecule has 0 atom stereocenters. The van der Waals surface area contributed by atoms with Gasteiger partial charge in [0, 0.05) is 24.7 Å². The van der Waals surface area contributed by atoms with E-state index in [0.717, 1.165) is 30.3 Å². The first kappa shape index (κ1) is 21.5. The highest BCUT2D eigenvalue weighted by Crippen LogP contribution is 2.37. The third-order valence-corrected chi connectivity index (χ3v) is 6.26. The number of aromatic nitrogens is 2. The summed E-state index contributed by atoms with van der Waals surface area (Å²) in [6.07, 6.45) is 2.33. The van der Waals surface area contributed by atoms with E-state index in [2.05, 4.69) is 20.9 Å². The maximum atomic E-state index is 13.2. The van der Waals surface area contributed by atoms with E-state index in [-0.39, 0.29) is 17.6 Å². The van der Waals surface area contributed by atoms with E-state index in [4.69, 9.17) is 9.47 Å². The first-order valence-electron chi connectivity index (χ1n) is 10.5. The molecule has 2 heterocycles. The number of aromatic amines is 1. The lowest BCUT2D eigenvalue weighted by atomic mass is 10.0. The number of nitrogens with zero attached hydrogens (tertiary/aromatic N) is 2. The van der Waals surface area contributed by atoms with Crippen LogP contribution in [0.3, 0.4) is 0 Å². The molecule has 1 aliphatic heterocycles. The van der Waals surface area contributed by atoms with Crippen molar-refractivity contribution in [2.24, 2.45) is 0 Å². The highest BCUT2D eigenvalue weighted by Gasteiger charge is 2.27. The number of piperidine rings is 1. The molecule has 1 N–H and O–H groups in total. The zero-order valence-electron chi connectivity index (χ0n) is 17.7. The summed E-state index contributed by atoms with van der Waals surface area (Å²) < 4.78 is 13.7. The molecule has 0 aliphatic carbocycles. The molecule has 0 radical (unpaired) electrons. The van der Waals surface area contributed by atoms with Gasteiger partial charge in [0.1, 0.15) is 0 Å². The van der Waals surface area contributed by atoms with Gasteiger partial charge in [-0.3, -0.25) is 9.36 Å². The van der Waals surface area contributed by atoms with Crippen molar-refractivity contribution in [2.75, 3.05) is 26.8 Å². The SMILES string of the molecule is CCCOc1c(Br)cc(C(=O)N2CCC(n3c(=O)[nH]c4ccccc43)CC2)cc1OC. The summed E-state index contributed by atoms with van der Waals surface area (Å²) in [7, 11) is 1.57. The predicted molar refractivity (Wildman–Crippen MR) is 123 cm³/mol. The van der Waals surface area contributed by atoms with E-state index in [9.17, 15) is 9.59 Å². The van der Waals surface area contributed by atoms with Gasteiger partial charge >= 0.3 is 5.69 Å². The van der Waals surface area contributed by atoms with Gasteiger partial charge in [0.15, 0.2) is 11.5 Å². The minimum atomic E-state index is -0.0951. The number of imidazole rings is 1. The lowest BCUT2D eigenvalue weighted by molar-refractivity contribution is 0.0694. The number of hydrogen-bond donors (Lipinski definition) is 1. The normalized spacial score (nSPS) is 14.7. The fraction of sp³-hybridized carbons (Fsp3) is 0.391. The van der Waals surface area contributed by atoms with Crippen LogP contribution in [0.2, 0.25) is 0 Å². The zero-order valence-corrected chi connectivity index (χ0v) is 19.3. The van der Waals surface area contributed by atoms with Gasteiger partial charge in [-0.15, -0.1) is 0 Å². The van der Waals surface area contributed by atoms with Crippen LogP contribution < -0.4 is 15.2 Å². The van der Waals surface area contributed by atoms with Gasteiger partial charge in [0.25, 0.3) is 5.91 Å². The topological polar surface area (TPSA) is 76.6 Å². The van der Waals surface area contributed by atoms with E-state index in [1.54, 1.807) is 19.2 Å². The number of carbonyl (C=O) groups is 1. The highest BCUT2D eigenvalue weighted by atomic mass is 79.9. The van der Waals surface area contributed by atoms with Crippen LogP contribution in [0.5, 0.6) is 11.5 Å². The molecule has 0 unspecified atom stereocenters. The molecule has 8 heteroatoms. The molecule has 1 aromatic heterocycles. The molecule has 2 aromatic carbocycles. The summed E-state index contributed by atoms with van der Waals surface area (Å²) in [5.41, 5.74) is 2.21. The minimum absolute atomic E-state index is 0.0502. The summed E-state index contributed by atoms with van der Waals surface area (Å²) in [6, 6.07) is 11.3. The molecule has 4 rings (SSSR count). The number of para-hydroxylation sites is 2. The Labute approximate surface area is 189 Å². The number of benzene rings is 2. The molecule has 3 aromatic rings. The average molecular weight is 488 g/mol. The molecule has 0 bridgehead atoms. The van der Waals surface area contributed by atoms with Crippen LogP contribution in [0, 0.1) is 0 Å². The molecule has 164 valence electrons. The van der Waals surface area contributed by atoms with Crippen LogP contribution >= 0.6 is 15.9 Å². The van der Waals surface area contributed by atoms with Crippen molar-refractivity contribution in [1.82, 2.24) is 14.5 Å². The maximum absolute atomic E-state index is 13.2. The summed E-state index contributed by atoms with van der Waals surface area (Å²) in [4.78, 5) is 30.4. The number of methoxy groups -OCH3 is 1. The number of halogens is 1. The Morgan fingerprint density at radius 2 is 1.97 bits per heavy atom. The Morgan fingerprint density at radius 3 is 2.68 bits per heavy atom. The standard InChI is InChI=1S/C23H26BrN3O4/c1-3-12-31-21-17(24)13-15(14-20(21)30-2)22(28)26-10-8-16(9-11-26)27-19-7-5-4-6-18(19)25-23(27)29/h4-7,13-14,16H,3,8-12H2,1-2H3,(H,25,29). The Morgan fingerprint density at radius 1 is 1.23 bits per heavy atom. The summed E-state index contributed by atoms with van der Waals surface area (Å²) in [6.45, 7) is 3.78. The van der Waals surface area contributed by atoms with Gasteiger partial charge in [-0.2, -0.15) is 0 Å².